The fourth-order valence-electron chi connectivity index (χ4n) is 3.08. The molecule has 0 aromatic carbocycles. The van der Waals surface area contributed by atoms with Crippen LogP contribution in [-0.4, -0.2) is 35.5 Å². The predicted octanol–water partition coefficient (Wildman–Crippen LogP) is 5.71. The first-order valence-electron chi connectivity index (χ1n) is 10.6. The summed E-state index contributed by atoms with van der Waals surface area (Å²) in [6, 6.07) is 0. The molecule has 2 N–H and O–H groups in total. The van der Waals surface area contributed by atoms with Crippen molar-refractivity contribution in [2.45, 2.75) is 116 Å². The topological polar surface area (TPSA) is 66.8 Å². The number of unbranched alkanes of at least 4 members (excludes halogenated alkanes) is 12. The van der Waals surface area contributed by atoms with E-state index in [1.807, 2.05) is 0 Å². The maximum absolute atomic E-state index is 10.3. The van der Waals surface area contributed by atoms with Gasteiger partial charge in [-0.1, -0.05) is 84.0 Å². The van der Waals surface area contributed by atoms with Gasteiger partial charge in [-0.2, -0.15) is 0 Å². The summed E-state index contributed by atoms with van der Waals surface area (Å²) in [5.41, 5.74) is 0. The van der Waals surface area contributed by atoms with E-state index in [1.54, 1.807) is 0 Å². The van der Waals surface area contributed by atoms with E-state index < -0.39 is 5.97 Å². The molecule has 25 heavy (non-hydrogen) atoms. The fraction of sp³-hybridized carbons (Fsp3) is 0.952. The molecule has 0 bridgehead atoms. The highest BCUT2D eigenvalue weighted by molar-refractivity contribution is 5.66. The Morgan fingerprint density at radius 1 is 0.880 bits per heavy atom. The van der Waals surface area contributed by atoms with Gasteiger partial charge in [0.15, 0.2) is 0 Å². The second kappa shape index (κ2) is 19.7. The highest BCUT2D eigenvalue weighted by atomic mass is 16.5. The quantitative estimate of drug-likeness (QED) is 0.368. The van der Waals surface area contributed by atoms with E-state index in [-0.39, 0.29) is 12.7 Å². The number of carboxylic acids is 1. The Kier molecular flexibility index (Phi) is 19.2. The standard InChI is InChI=1S/C16H32O2.C5H10O2/c1-2-3-4-5-6-7-8-9-10-11-12-13-14-15-16(17)18;6-4-5-2-1-3-7-5/h2-15H2,1H3,(H,17,18);5-6H,1-4H2. The van der Waals surface area contributed by atoms with Gasteiger partial charge in [-0.3, -0.25) is 4.79 Å². The van der Waals surface area contributed by atoms with Crippen molar-refractivity contribution >= 4 is 5.97 Å². The number of aliphatic hydroxyl groups excluding tert-OH is 1. The van der Waals surface area contributed by atoms with E-state index in [2.05, 4.69) is 6.92 Å². The minimum Gasteiger partial charge on any atom is -0.481 e. The van der Waals surface area contributed by atoms with Gasteiger partial charge in [-0.25, -0.2) is 0 Å². The maximum Gasteiger partial charge on any atom is 0.303 e. The van der Waals surface area contributed by atoms with E-state index in [4.69, 9.17) is 14.9 Å². The fourth-order valence-corrected chi connectivity index (χ4v) is 3.08. The zero-order valence-electron chi connectivity index (χ0n) is 16.5. The van der Waals surface area contributed by atoms with Crippen LogP contribution in [0.5, 0.6) is 0 Å². The Bertz CT molecular complexity index is 275. The summed E-state index contributed by atoms with van der Waals surface area (Å²) in [6.07, 6.45) is 19.6. The Hall–Kier alpha value is -0.610. The molecule has 0 aromatic rings. The largest absolute Gasteiger partial charge is 0.481 e. The molecule has 1 aliphatic rings. The Balaban J connectivity index is 0.000000676. The molecule has 1 unspecified atom stereocenters. The Labute approximate surface area is 155 Å². The summed E-state index contributed by atoms with van der Waals surface area (Å²) in [5.74, 6) is -0.655. The molecule has 1 fully saturated rings. The third-order valence-electron chi connectivity index (χ3n) is 4.72. The Morgan fingerprint density at radius 2 is 1.36 bits per heavy atom. The predicted molar refractivity (Wildman–Crippen MR) is 104 cm³/mol. The monoisotopic (exact) mass is 358 g/mol. The van der Waals surface area contributed by atoms with Gasteiger partial charge in [0.2, 0.25) is 0 Å². The minimum atomic E-state index is -0.655. The molecule has 150 valence electrons. The third-order valence-corrected chi connectivity index (χ3v) is 4.72. The number of ether oxygens (including phenoxy) is 1. The van der Waals surface area contributed by atoms with Gasteiger partial charge in [0.25, 0.3) is 0 Å². The first kappa shape index (κ1) is 24.4. The zero-order valence-corrected chi connectivity index (χ0v) is 16.5. The van der Waals surface area contributed by atoms with Crippen LogP contribution in [0.15, 0.2) is 0 Å². The molecule has 1 rings (SSSR count). The van der Waals surface area contributed by atoms with Gasteiger partial charge in [-0.15, -0.1) is 0 Å². The number of rotatable bonds is 15. The van der Waals surface area contributed by atoms with Crippen molar-refractivity contribution in [3.63, 3.8) is 0 Å². The van der Waals surface area contributed by atoms with Gasteiger partial charge in [0.1, 0.15) is 0 Å². The first-order chi connectivity index (χ1) is 12.2. The molecule has 1 aliphatic heterocycles. The van der Waals surface area contributed by atoms with Gasteiger partial charge < -0.3 is 14.9 Å². The average Bonchev–Trinajstić information content (AvgIpc) is 3.13. The van der Waals surface area contributed by atoms with E-state index >= 15 is 0 Å². The van der Waals surface area contributed by atoms with Crippen molar-refractivity contribution in [1.82, 2.24) is 0 Å². The molecule has 0 radical (unpaired) electrons. The molecular formula is C21H42O4. The molecule has 4 nitrogen and oxygen atoms in total. The summed E-state index contributed by atoms with van der Waals surface area (Å²) in [4.78, 5) is 10.3. The molecule has 1 heterocycles. The van der Waals surface area contributed by atoms with Crippen LogP contribution in [0.3, 0.4) is 0 Å². The number of hydrogen-bond donors (Lipinski definition) is 2. The van der Waals surface area contributed by atoms with E-state index in [1.165, 1.54) is 70.6 Å². The summed E-state index contributed by atoms with van der Waals surface area (Å²) in [7, 11) is 0. The summed E-state index contributed by atoms with van der Waals surface area (Å²) in [5, 5.41) is 16.9. The molecule has 1 saturated heterocycles. The summed E-state index contributed by atoms with van der Waals surface area (Å²) >= 11 is 0. The number of aliphatic carboxylic acids is 1. The van der Waals surface area contributed by atoms with Crippen molar-refractivity contribution in [3.05, 3.63) is 0 Å². The van der Waals surface area contributed by atoms with Gasteiger partial charge in [-0.05, 0) is 19.3 Å². The molecular weight excluding hydrogens is 316 g/mol. The lowest BCUT2D eigenvalue weighted by atomic mass is 10.0. The molecule has 0 saturated carbocycles. The number of aliphatic hydroxyl groups is 1. The van der Waals surface area contributed by atoms with Gasteiger partial charge in [0.05, 0.1) is 12.7 Å². The third kappa shape index (κ3) is 19.6. The normalized spacial score (nSPS) is 16.5. The minimum absolute atomic E-state index is 0.153. The van der Waals surface area contributed by atoms with Crippen LogP contribution >= 0.6 is 0 Å². The van der Waals surface area contributed by atoms with Crippen LogP contribution in [0.1, 0.15) is 110 Å². The van der Waals surface area contributed by atoms with Crippen molar-refractivity contribution in [2.24, 2.45) is 0 Å². The van der Waals surface area contributed by atoms with Crippen LogP contribution in [0, 0.1) is 0 Å². The SMILES string of the molecule is CCCCCCCCCCCCCCCC(=O)O.OCC1CCCO1. The zero-order chi connectivity index (χ0) is 18.6. The van der Waals surface area contributed by atoms with Crippen molar-refractivity contribution < 1.29 is 19.7 Å². The summed E-state index contributed by atoms with van der Waals surface area (Å²) < 4.78 is 5.05. The van der Waals surface area contributed by atoms with Crippen LogP contribution in [0.25, 0.3) is 0 Å². The highest BCUT2D eigenvalue weighted by Crippen LogP contribution is 2.13. The lowest BCUT2D eigenvalue weighted by Crippen LogP contribution is -2.09. The van der Waals surface area contributed by atoms with E-state index in [9.17, 15) is 4.79 Å². The first-order valence-corrected chi connectivity index (χ1v) is 10.6. The van der Waals surface area contributed by atoms with Crippen molar-refractivity contribution in [1.29, 1.82) is 0 Å². The second-order valence-corrected chi connectivity index (χ2v) is 7.20. The van der Waals surface area contributed by atoms with Gasteiger partial charge >= 0.3 is 5.97 Å². The summed E-state index contributed by atoms with van der Waals surface area (Å²) in [6.45, 7) is 3.29. The maximum atomic E-state index is 10.3. The van der Waals surface area contributed by atoms with Crippen LogP contribution in [0.2, 0.25) is 0 Å². The molecule has 4 heteroatoms. The second-order valence-electron chi connectivity index (χ2n) is 7.20. The molecule has 0 spiro atoms. The van der Waals surface area contributed by atoms with Crippen molar-refractivity contribution in [2.75, 3.05) is 13.2 Å². The van der Waals surface area contributed by atoms with Crippen LogP contribution in [0.4, 0.5) is 0 Å². The Morgan fingerprint density at radius 3 is 1.68 bits per heavy atom. The molecule has 1 atom stereocenters. The lowest BCUT2D eigenvalue weighted by molar-refractivity contribution is -0.137. The number of carboxylic acid groups (broad SMARTS) is 1. The van der Waals surface area contributed by atoms with Crippen LogP contribution < -0.4 is 0 Å². The van der Waals surface area contributed by atoms with Crippen LogP contribution in [-0.2, 0) is 9.53 Å². The number of carbonyl (C=O) groups is 1. The molecule has 0 aliphatic carbocycles. The van der Waals surface area contributed by atoms with E-state index in [0.717, 1.165) is 32.3 Å². The lowest BCUT2D eigenvalue weighted by Gasteiger charge is -2.02. The smallest absolute Gasteiger partial charge is 0.303 e. The van der Waals surface area contributed by atoms with Crippen molar-refractivity contribution in [3.8, 4) is 0 Å². The molecule has 0 amide bonds. The van der Waals surface area contributed by atoms with Gasteiger partial charge in [0, 0.05) is 13.0 Å². The highest BCUT2D eigenvalue weighted by Gasteiger charge is 2.12. The van der Waals surface area contributed by atoms with E-state index in [0.29, 0.717) is 6.42 Å². The average molecular weight is 359 g/mol. The number of hydrogen-bond acceptors (Lipinski definition) is 3. The molecule has 0 aromatic heterocycles.